The molecular weight excluding hydrogens is 470 g/mol. The summed E-state index contributed by atoms with van der Waals surface area (Å²) in [6.07, 6.45) is 2.18. The maximum atomic E-state index is 13.5. The first-order chi connectivity index (χ1) is 16.5. The Hall–Kier alpha value is -3.76. The number of carbonyl (C=O) groups excluding carboxylic acids is 2. The van der Waals surface area contributed by atoms with Crippen LogP contribution in [0.2, 0.25) is 0 Å². The second kappa shape index (κ2) is 9.24. The number of fused-ring (bicyclic) bond motifs is 2. The van der Waals surface area contributed by atoms with Crippen LogP contribution in [0.25, 0.3) is 21.1 Å². The molecule has 0 aliphatic heterocycles. The van der Waals surface area contributed by atoms with Crippen molar-refractivity contribution in [2.24, 2.45) is 0 Å². The lowest BCUT2D eigenvalue weighted by Crippen LogP contribution is -2.48. The highest BCUT2D eigenvalue weighted by Gasteiger charge is 2.27. The van der Waals surface area contributed by atoms with Crippen molar-refractivity contribution in [3.63, 3.8) is 0 Å². The minimum Gasteiger partial charge on any atom is -0.361 e. The fourth-order valence-corrected chi connectivity index (χ4v) is 5.28. The van der Waals surface area contributed by atoms with Crippen LogP contribution in [0.15, 0.2) is 64.2 Å². The molecule has 0 spiro atoms. The zero-order chi connectivity index (χ0) is 23.7. The van der Waals surface area contributed by atoms with E-state index in [1.54, 1.807) is 25.2 Å². The van der Waals surface area contributed by atoms with Crippen LogP contribution in [0, 0.1) is 0 Å². The Kier molecular flexibility index (Phi) is 5.99. The van der Waals surface area contributed by atoms with Gasteiger partial charge in [0.25, 0.3) is 11.5 Å². The summed E-state index contributed by atoms with van der Waals surface area (Å²) in [5.74, 6) is -0.182. The largest absolute Gasteiger partial charge is 0.361 e. The van der Waals surface area contributed by atoms with E-state index in [4.69, 9.17) is 0 Å². The van der Waals surface area contributed by atoms with Gasteiger partial charge < -0.3 is 20.2 Å². The Labute approximate surface area is 202 Å². The highest BCUT2D eigenvalue weighted by Crippen LogP contribution is 2.20. The molecule has 3 N–H and O–H groups in total. The number of amides is 2. The lowest BCUT2D eigenvalue weighted by atomic mass is 10.0. The Morgan fingerprint density at radius 1 is 1.12 bits per heavy atom. The van der Waals surface area contributed by atoms with Gasteiger partial charge in [0.05, 0.1) is 16.9 Å². The number of aromatic amines is 2. The first-order valence-electron chi connectivity index (χ1n) is 10.6. The molecule has 0 aliphatic rings. The summed E-state index contributed by atoms with van der Waals surface area (Å²) < 4.78 is 0.554. The third-order valence-electron chi connectivity index (χ3n) is 5.57. The summed E-state index contributed by atoms with van der Waals surface area (Å²) >= 11 is 2.64. The van der Waals surface area contributed by atoms with Gasteiger partial charge in [0.2, 0.25) is 5.91 Å². The van der Waals surface area contributed by atoms with Gasteiger partial charge in [-0.3, -0.25) is 14.4 Å². The monoisotopic (exact) mass is 491 g/mol. The van der Waals surface area contributed by atoms with E-state index in [9.17, 15) is 14.4 Å². The number of nitrogens with one attached hydrogen (secondary N) is 3. The van der Waals surface area contributed by atoms with E-state index in [2.05, 4.69) is 20.3 Å². The van der Waals surface area contributed by atoms with Crippen LogP contribution >= 0.6 is 22.7 Å². The summed E-state index contributed by atoms with van der Waals surface area (Å²) in [6.45, 7) is 0.110. The molecule has 0 saturated carbocycles. The van der Waals surface area contributed by atoms with Crippen molar-refractivity contribution < 1.29 is 9.59 Å². The topological polar surface area (TPSA) is 111 Å². The Bertz CT molecular complexity index is 1530. The predicted molar refractivity (Wildman–Crippen MR) is 134 cm³/mol. The van der Waals surface area contributed by atoms with Crippen LogP contribution in [-0.2, 0) is 17.8 Å². The van der Waals surface area contributed by atoms with Crippen molar-refractivity contribution in [2.45, 2.75) is 19.0 Å². The minimum absolute atomic E-state index is 0.110. The zero-order valence-electron chi connectivity index (χ0n) is 18.2. The van der Waals surface area contributed by atoms with Crippen LogP contribution in [0.4, 0.5) is 0 Å². The van der Waals surface area contributed by atoms with Gasteiger partial charge in [-0.25, -0.2) is 4.98 Å². The standard InChI is InChI=1S/C24H21N5O3S2/c1-29(13-20-26-17-8-10-34-21(17)23(31)28-20)24(32)18(27-22(30)19-7-4-9-33-19)11-14-12-25-16-6-3-2-5-15(14)16/h2-10,12,18,25H,11,13H2,1H3,(H,27,30)(H,26,28,31). The molecule has 1 atom stereocenters. The number of para-hydroxylation sites is 1. The van der Waals surface area contributed by atoms with Crippen molar-refractivity contribution in [2.75, 3.05) is 7.05 Å². The smallest absolute Gasteiger partial charge is 0.268 e. The SMILES string of the molecule is CN(Cc1nc2ccsc2c(=O)[nH]1)C(=O)C(Cc1c[nH]c2ccccc12)NC(=O)c1cccs1. The minimum atomic E-state index is -0.796. The van der Waals surface area contributed by atoms with E-state index in [0.29, 0.717) is 27.3 Å². The van der Waals surface area contributed by atoms with Crippen molar-refractivity contribution in [1.82, 2.24) is 25.2 Å². The number of hydrogen-bond acceptors (Lipinski definition) is 6. The van der Waals surface area contributed by atoms with Gasteiger partial charge in [-0.15, -0.1) is 22.7 Å². The van der Waals surface area contributed by atoms with Gasteiger partial charge in [-0.1, -0.05) is 24.3 Å². The van der Waals surface area contributed by atoms with Gasteiger partial charge in [0, 0.05) is 30.6 Å². The molecule has 0 aliphatic carbocycles. The second-order valence-electron chi connectivity index (χ2n) is 7.91. The van der Waals surface area contributed by atoms with E-state index < -0.39 is 6.04 Å². The van der Waals surface area contributed by atoms with Crippen LogP contribution in [0.3, 0.4) is 0 Å². The summed E-state index contributed by atoms with van der Waals surface area (Å²) in [6, 6.07) is 12.3. The summed E-state index contributed by atoms with van der Waals surface area (Å²) in [5.41, 5.74) is 2.27. The molecule has 0 saturated heterocycles. The lowest BCUT2D eigenvalue weighted by molar-refractivity contribution is -0.132. The maximum Gasteiger partial charge on any atom is 0.268 e. The molecule has 8 nitrogen and oxygen atoms in total. The van der Waals surface area contributed by atoms with E-state index in [1.165, 1.54) is 27.6 Å². The average molecular weight is 492 g/mol. The average Bonchev–Trinajstić information content (AvgIpc) is 3.59. The van der Waals surface area contributed by atoms with Crippen LogP contribution in [0.5, 0.6) is 0 Å². The van der Waals surface area contributed by atoms with Crippen LogP contribution in [-0.4, -0.2) is 44.8 Å². The molecule has 172 valence electrons. The van der Waals surface area contributed by atoms with Crippen molar-refractivity contribution in [3.8, 4) is 0 Å². The summed E-state index contributed by atoms with van der Waals surface area (Å²) in [4.78, 5) is 51.1. The first-order valence-corrected chi connectivity index (χ1v) is 12.4. The molecule has 10 heteroatoms. The van der Waals surface area contributed by atoms with E-state index in [-0.39, 0.29) is 23.9 Å². The Balaban J connectivity index is 1.41. The second-order valence-corrected chi connectivity index (χ2v) is 9.77. The van der Waals surface area contributed by atoms with E-state index in [0.717, 1.165) is 16.5 Å². The lowest BCUT2D eigenvalue weighted by Gasteiger charge is -2.24. The fraction of sp³-hybridized carbons (Fsp3) is 0.167. The number of likely N-dealkylation sites (N-methyl/N-ethyl adjacent to an activating group) is 1. The first kappa shape index (κ1) is 22.1. The van der Waals surface area contributed by atoms with E-state index >= 15 is 0 Å². The number of hydrogen-bond donors (Lipinski definition) is 3. The van der Waals surface area contributed by atoms with Gasteiger partial charge in [0.1, 0.15) is 16.6 Å². The zero-order valence-corrected chi connectivity index (χ0v) is 19.8. The molecule has 0 fully saturated rings. The quantitative estimate of drug-likeness (QED) is 0.323. The molecule has 0 bridgehead atoms. The van der Waals surface area contributed by atoms with E-state index in [1.807, 2.05) is 41.2 Å². The molecular formula is C24H21N5O3S2. The maximum absolute atomic E-state index is 13.5. The third-order valence-corrected chi connectivity index (χ3v) is 7.35. The van der Waals surface area contributed by atoms with Gasteiger partial charge in [0.15, 0.2) is 0 Å². The number of carbonyl (C=O) groups is 2. The normalized spacial score (nSPS) is 12.1. The number of benzene rings is 1. The highest BCUT2D eigenvalue weighted by atomic mass is 32.1. The predicted octanol–water partition coefficient (Wildman–Crippen LogP) is 3.53. The number of rotatable bonds is 7. The van der Waals surface area contributed by atoms with Gasteiger partial charge in [-0.2, -0.15) is 0 Å². The molecule has 4 heterocycles. The Morgan fingerprint density at radius 3 is 2.79 bits per heavy atom. The Morgan fingerprint density at radius 2 is 1.97 bits per heavy atom. The fourth-order valence-electron chi connectivity index (χ4n) is 3.92. The molecule has 5 rings (SSSR count). The van der Waals surface area contributed by atoms with Crippen molar-refractivity contribution >= 4 is 55.6 Å². The number of H-pyrrole nitrogens is 2. The molecule has 1 unspecified atom stereocenters. The molecule has 1 aromatic carbocycles. The molecule has 34 heavy (non-hydrogen) atoms. The molecule has 0 radical (unpaired) electrons. The highest BCUT2D eigenvalue weighted by molar-refractivity contribution is 7.17. The third kappa shape index (κ3) is 4.37. The van der Waals surface area contributed by atoms with Gasteiger partial charge in [-0.05, 0) is 34.5 Å². The number of aromatic nitrogens is 3. The summed E-state index contributed by atoms with van der Waals surface area (Å²) in [7, 11) is 1.64. The molecule has 2 amide bonds. The van der Waals surface area contributed by atoms with Crippen molar-refractivity contribution in [1.29, 1.82) is 0 Å². The number of nitrogens with zero attached hydrogens (tertiary/aromatic N) is 2. The van der Waals surface area contributed by atoms with Crippen molar-refractivity contribution in [3.05, 3.63) is 86.0 Å². The number of thiophene rings is 2. The molecule has 5 aromatic rings. The van der Waals surface area contributed by atoms with Crippen LogP contribution < -0.4 is 10.9 Å². The molecule has 4 aromatic heterocycles. The van der Waals surface area contributed by atoms with Gasteiger partial charge >= 0.3 is 0 Å². The summed E-state index contributed by atoms with van der Waals surface area (Å²) in [5, 5.41) is 7.53. The van der Waals surface area contributed by atoms with Crippen LogP contribution in [0.1, 0.15) is 21.1 Å².